The number of nitrogens with zero attached hydrogens (tertiary/aromatic N) is 3. The van der Waals surface area contributed by atoms with Gasteiger partial charge in [0.2, 0.25) is 5.88 Å². The molecule has 1 N–H and O–H groups in total. The highest BCUT2D eigenvalue weighted by molar-refractivity contribution is 5.65. The lowest BCUT2D eigenvalue weighted by Crippen LogP contribution is -2.34. The van der Waals surface area contributed by atoms with Crippen molar-refractivity contribution in [3.05, 3.63) is 102 Å². The number of aliphatic hydroxyl groups is 1. The molecule has 0 saturated carbocycles. The molecule has 3 aromatic carbocycles. The predicted octanol–water partition coefficient (Wildman–Crippen LogP) is 5.83. The van der Waals surface area contributed by atoms with E-state index in [0.717, 1.165) is 35.3 Å². The lowest BCUT2D eigenvalue weighted by molar-refractivity contribution is 0.108. The van der Waals surface area contributed by atoms with Crippen molar-refractivity contribution in [1.82, 2.24) is 14.7 Å². The Balaban J connectivity index is 1.63. The summed E-state index contributed by atoms with van der Waals surface area (Å²) >= 11 is 0. The minimum Gasteiger partial charge on any atom is -0.439 e. The summed E-state index contributed by atoms with van der Waals surface area (Å²) in [7, 11) is 1.85. The van der Waals surface area contributed by atoms with Gasteiger partial charge in [-0.3, -0.25) is 4.90 Å². The maximum atomic E-state index is 13.4. The van der Waals surface area contributed by atoms with Crippen LogP contribution in [0, 0.1) is 5.82 Å². The number of hydrogen-bond donors (Lipinski definition) is 1. The van der Waals surface area contributed by atoms with Crippen LogP contribution in [0.3, 0.4) is 0 Å². The minimum absolute atomic E-state index is 0.311. The monoisotopic (exact) mass is 473 g/mol. The van der Waals surface area contributed by atoms with Crippen LogP contribution in [0.25, 0.3) is 11.3 Å². The molecule has 4 aromatic rings. The van der Waals surface area contributed by atoms with Gasteiger partial charge in [0.05, 0.1) is 11.7 Å². The zero-order valence-corrected chi connectivity index (χ0v) is 20.3. The van der Waals surface area contributed by atoms with E-state index in [9.17, 15) is 9.50 Å². The topological polar surface area (TPSA) is 50.5 Å². The van der Waals surface area contributed by atoms with Gasteiger partial charge in [-0.05, 0) is 49.2 Å². The molecule has 0 bridgehead atoms. The molecule has 0 unspecified atom stereocenters. The molecule has 0 fully saturated rings. The Morgan fingerprint density at radius 3 is 2.29 bits per heavy atom. The molecule has 0 aliphatic rings. The van der Waals surface area contributed by atoms with Crippen LogP contribution in [0.5, 0.6) is 11.6 Å². The van der Waals surface area contributed by atoms with E-state index >= 15 is 0 Å². The fourth-order valence-corrected chi connectivity index (χ4v) is 4.29. The fraction of sp³-hybridized carbons (Fsp3) is 0.276. The van der Waals surface area contributed by atoms with Gasteiger partial charge in [-0.2, -0.15) is 5.10 Å². The molecule has 0 spiro atoms. The molecule has 0 radical (unpaired) electrons. The van der Waals surface area contributed by atoms with Gasteiger partial charge in [-0.15, -0.1) is 0 Å². The molecule has 1 atom stereocenters. The number of aromatic nitrogens is 2. The molecule has 1 heterocycles. The summed E-state index contributed by atoms with van der Waals surface area (Å²) in [5, 5.41) is 15.7. The minimum atomic E-state index is -0.498. The number of rotatable bonds is 11. The number of aryl methyl sites for hydroxylation is 1. The summed E-state index contributed by atoms with van der Waals surface area (Å²) in [6.45, 7) is 4.05. The first-order valence-corrected chi connectivity index (χ1v) is 12.0. The molecule has 0 aliphatic carbocycles. The summed E-state index contributed by atoms with van der Waals surface area (Å²) in [6, 6.07) is 26.0. The lowest BCUT2D eigenvalue weighted by Gasteiger charge is -2.25. The molecule has 1 aromatic heterocycles. The normalized spacial score (nSPS) is 12.1. The molecule has 4 rings (SSSR count). The second-order valence-electron chi connectivity index (χ2n) is 8.76. The standard InChI is InChI=1S/C29H32FN3O2/c1-3-18-33(20-25(34)19-22-10-6-4-7-11-22)21-27-28(23-12-8-5-9-13-23)31-32(2)29(27)35-26-16-14-24(30)15-17-26/h4-17,25,34H,3,18-21H2,1-2H3/t25-/m1/s1. The second kappa shape index (κ2) is 11.8. The first-order valence-electron chi connectivity index (χ1n) is 12.0. The van der Waals surface area contributed by atoms with E-state index in [0.29, 0.717) is 31.1 Å². The van der Waals surface area contributed by atoms with E-state index in [1.165, 1.54) is 12.1 Å². The summed E-state index contributed by atoms with van der Waals surface area (Å²) in [4.78, 5) is 2.24. The zero-order valence-electron chi connectivity index (χ0n) is 20.3. The van der Waals surface area contributed by atoms with Crippen molar-refractivity contribution in [1.29, 1.82) is 0 Å². The Labute approximate surface area is 206 Å². The van der Waals surface area contributed by atoms with Crippen LogP contribution < -0.4 is 4.74 Å². The Morgan fingerprint density at radius 1 is 0.971 bits per heavy atom. The second-order valence-corrected chi connectivity index (χ2v) is 8.76. The molecule has 6 heteroatoms. The van der Waals surface area contributed by atoms with E-state index in [2.05, 4.69) is 11.8 Å². The van der Waals surface area contributed by atoms with Crippen molar-refractivity contribution in [3.63, 3.8) is 0 Å². The van der Waals surface area contributed by atoms with Gasteiger partial charge in [-0.1, -0.05) is 67.6 Å². The van der Waals surface area contributed by atoms with E-state index in [1.807, 2.05) is 67.7 Å². The third-order valence-electron chi connectivity index (χ3n) is 5.87. The summed E-state index contributed by atoms with van der Waals surface area (Å²) in [5.74, 6) is 0.838. The van der Waals surface area contributed by atoms with E-state index in [1.54, 1.807) is 16.8 Å². The Morgan fingerprint density at radius 2 is 1.63 bits per heavy atom. The third kappa shape index (κ3) is 6.56. The zero-order chi connectivity index (χ0) is 24.6. The maximum absolute atomic E-state index is 13.4. The Bertz CT molecular complexity index is 1190. The average molecular weight is 474 g/mol. The summed E-state index contributed by atoms with van der Waals surface area (Å²) in [6.07, 6.45) is 1.05. The van der Waals surface area contributed by atoms with Crippen molar-refractivity contribution in [2.24, 2.45) is 7.05 Å². The molecular weight excluding hydrogens is 441 g/mol. The van der Waals surface area contributed by atoms with Gasteiger partial charge in [-0.25, -0.2) is 9.07 Å². The molecule has 0 saturated heterocycles. The number of aliphatic hydroxyl groups excluding tert-OH is 1. The van der Waals surface area contributed by atoms with Crippen LogP contribution in [0.4, 0.5) is 4.39 Å². The van der Waals surface area contributed by atoms with Crippen molar-refractivity contribution < 1.29 is 14.2 Å². The SMILES string of the molecule is CCCN(Cc1c(-c2ccccc2)nn(C)c1Oc1ccc(F)cc1)C[C@H](O)Cc1ccccc1. The summed E-state index contributed by atoms with van der Waals surface area (Å²) in [5.41, 5.74) is 3.88. The number of halogens is 1. The van der Waals surface area contributed by atoms with Gasteiger partial charge in [0.25, 0.3) is 0 Å². The fourth-order valence-electron chi connectivity index (χ4n) is 4.29. The van der Waals surface area contributed by atoms with Gasteiger partial charge >= 0.3 is 0 Å². The van der Waals surface area contributed by atoms with Gasteiger partial charge in [0.1, 0.15) is 17.3 Å². The largest absolute Gasteiger partial charge is 0.439 e. The van der Waals surface area contributed by atoms with Crippen molar-refractivity contribution in [3.8, 4) is 22.9 Å². The van der Waals surface area contributed by atoms with Crippen LogP contribution in [-0.2, 0) is 20.0 Å². The third-order valence-corrected chi connectivity index (χ3v) is 5.87. The number of benzene rings is 3. The quantitative estimate of drug-likeness (QED) is 0.298. The molecule has 5 nitrogen and oxygen atoms in total. The maximum Gasteiger partial charge on any atom is 0.222 e. The molecule has 35 heavy (non-hydrogen) atoms. The highest BCUT2D eigenvalue weighted by Crippen LogP contribution is 2.34. The van der Waals surface area contributed by atoms with Crippen molar-refractivity contribution in [2.45, 2.75) is 32.4 Å². The highest BCUT2D eigenvalue weighted by atomic mass is 19.1. The van der Waals surface area contributed by atoms with Gasteiger partial charge in [0.15, 0.2) is 0 Å². The van der Waals surface area contributed by atoms with Crippen molar-refractivity contribution in [2.75, 3.05) is 13.1 Å². The van der Waals surface area contributed by atoms with Crippen LogP contribution in [0.2, 0.25) is 0 Å². The predicted molar refractivity (Wildman–Crippen MR) is 137 cm³/mol. The van der Waals surface area contributed by atoms with Gasteiger partial charge < -0.3 is 9.84 Å². The smallest absolute Gasteiger partial charge is 0.222 e. The molecule has 0 aliphatic heterocycles. The number of ether oxygens (including phenoxy) is 1. The van der Waals surface area contributed by atoms with E-state index < -0.39 is 6.10 Å². The van der Waals surface area contributed by atoms with Crippen LogP contribution >= 0.6 is 0 Å². The van der Waals surface area contributed by atoms with Crippen LogP contribution in [-0.4, -0.2) is 39.0 Å². The van der Waals surface area contributed by atoms with Gasteiger partial charge in [0, 0.05) is 25.7 Å². The first-order chi connectivity index (χ1) is 17.0. The van der Waals surface area contributed by atoms with Crippen molar-refractivity contribution >= 4 is 0 Å². The van der Waals surface area contributed by atoms with Crippen LogP contribution in [0.15, 0.2) is 84.9 Å². The highest BCUT2D eigenvalue weighted by Gasteiger charge is 2.23. The number of hydrogen-bond acceptors (Lipinski definition) is 4. The molecule has 182 valence electrons. The Kier molecular flexibility index (Phi) is 8.29. The van der Waals surface area contributed by atoms with E-state index in [4.69, 9.17) is 9.84 Å². The van der Waals surface area contributed by atoms with Crippen LogP contribution in [0.1, 0.15) is 24.5 Å². The molecular formula is C29H32FN3O2. The first kappa shape index (κ1) is 24.6. The molecule has 0 amide bonds. The average Bonchev–Trinajstić information content (AvgIpc) is 3.16. The summed E-state index contributed by atoms with van der Waals surface area (Å²) < 4.78 is 21.4. The Hall–Kier alpha value is -3.48. The lowest BCUT2D eigenvalue weighted by atomic mass is 10.1. The van der Waals surface area contributed by atoms with E-state index in [-0.39, 0.29) is 5.82 Å².